The van der Waals surface area contributed by atoms with Crippen LogP contribution in [0.1, 0.15) is 30.5 Å². The predicted molar refractivity (Wildman–Crippen MR) is 72.1 cm³/mol. The van der Waals surface area contributed by atoms with Crippen LogP contribution in [0.4, 0.5) is 5.69 Å². The van der Waals surface area contributed by atoms with Gasteiger partial charge in [0.2, 0.25) is 0 Å². The van der Waals surface area contributed by atoms with Crippen LogP contribution >= 0.6 is 25.7 Å². The number of nitrogens with zero attached hydrogens (tertiary/aromatic N) is 2. The summed E-state index contributed by atoms with van der Waals surface area (Å²) in [6.07, 6.45) is 3.95. The van der Waals surface area contributed by atoms with Crippen LogP contribution in [0, 0.1) is 0 Å². The molecule has 0 saturated heterocycles. The molecule has 1 aromatic carbocycles. The Morgan fingerprint density at radius 2 is 1.76 bits per heavy atom. The first-order valence-corrected chi connectivity index (χ1v) is 18.7. The van der Waals surface area contributed by atoms with Gasteiger partial charge in [0.05, 0.1) is 11.9 Å². The SMILES string of the molecule is CCc1cc2c(c(CC)c1)[N]N=C2.[Cl][Hf]([Cl])[Cl]. The van der Waals surface area contributed by atoms with E-state index in [1.54, 1.807) is 0 Å². The third kappa shape index (κ3) is 4.90. The van der Waals surface area contributed by atoms with E-state index in [1.165, 1.54) is 16.7 Å². The number of rotatable bonds is 2. The van der Waals surface area contributed by atoms with Gasteiger partial charge in [0, 0.05) is 5.56 Å². The van der Waals surface area contributed by atoms with E-state index >= 15 is 0 Å². The van der Waals surface area contributed by atoms with E-state index in [0.29, 0.717) is 0 Å². The normalized spacial score (nSPS) is 11.4. The van der Waals surface area contributed by atoms with Crippen LogP contribution in [0.3, 0.4) is 0 Å². The van der Waals surface area contributed by atoms with Crippen molar-refractivity contribution in [3.8, 4) is 0 Å². The average molecular weight is 458 g/mol. The summed E-state index contributed by atoms with van der Waals surface area (Å²) in [5, 5.41) is 3.94. The van der Waals surface area contributed by atoms with Crippen LogP contribution in [-0.4, -0.2) is 6.21 Å². The number of halogens is 3. The van der Waals surface area contributed by atoms with Crippen molar-refractivity contribution in [2.45, 2.75) is 26.7 Å². The Morgan fingerprint density at radius 3 is 2.29 bits per heavy atom. The van der Waals surface area contributed by atoms with Crippen LogP contribution in [0.5, 0.6) is 0 Å². The first kappa shape index (κ1) is 15.5. The standard InChI is InChI=1S/C11H13N2.3ClH.Hf/c1-3-8-5-9(4-2)11-10(6-8)7-12-13-11;;;;/h5-7H,3-4H2,1-2H3;3*1H;/q;;;;+3/p-3. The monoisotopic (exact) mass is 458 g/mol. The molecule has 1 aromatic rings. The Bertz CT molecular complexity index is 405. The van der Waals surface area contributed by atoms with Crippen molar-refractivity contribution < 1.29 is 17.9 Å². The van der Waals surface area contributed by atoms with Crippen molar-refractivity contribution in [1.29, 1.82) is 0 Å². The summed E-state index contributed by atoms with van der Waals surface area (Å²) in [5.74, 6) is 0. The Balaban J connectivity index is 0.000000317. The zero-order valence-electron chi connectivity index (χ0n) is 9.67. The molecule has 2 rings (SSSR count). The first-order chi connectivity index (χ1) is 8.08. The minimum absolute atomic E-state index is 1.03. The second kappa shape index (κ2) is 7.78. The third-order valence-electron chi connectivity index (χ3n) is 2.42. The van der Waals surface area contributed by atoms with Gasteiger partial charge in [0.25, 0.3) is 0 Å². The number of hydrogen-bond donors (Lipinski definition) is 0. The summed E-state index contributed by atoms with van der Waals surface area (Å²) in [4.78, 5) is 0. The van der Waals surface area contributed by atoms with Gasteiger partial charge in [-0.15, -0.1) is 0 Å². The molecule has 6 heteroatoms. The molecule has 0 amide bonds. The third-order valence-corrected chi connectivity index (χ3v) is 2.42. The van der Waals surface area contributed by atoms with E-state index in [9.17, 15) is 0 Å². The number of aryl methyl sites for hydroxylation is 2. The zero-order valence-corrected chi connectivity index (χ0v) is 15.5. The number of benzene rings is 1. The summed E-state index contributed by atoms with van der Waals surface area (Å²) in [6.45, 7) is 4.33. The predicted octanol–water partition coefficient (Wildman–Crippen LogP) is 4.46. The molecule has 0 spiro atoms. The maximum absolute atomic E-state index is 5.02. The van der Waals surface area contributed by atoms with Crippen LogP contribution in [-0.2, 0) is 30.7 Å². The average Bonchev–Trinajstić information content (AvgIpc) is 2.74. The van der Waals surface area contributed by atoms with E-state index in [2.05, 4.69) is 36.5 Å². The molecule has 0 saturated carbocycles. The van der Waals surface area contributed by atoms with E-state index in [-0.39, 0.29) is 0 Å². The summed E-state index contributed by atoms with van der Waals surface area (Å²) in [7, 11) is 15.1. The number of fused-ring (bicyclic) bond motifs is 1. The molecule has 0 bridgehead atoms. The molecular weight excluding hydrogens is 445 g/mol. The Labute approximate surface area is 121 Å². The summed E-state index contributed by atoms with van der Waals surface area (Å²) in [6, 6.07) is 4.41. The Hall–Kier alpha value is 0.430. The van der Waals surface area contributed by atoms with Crippen molar-refractivity contribution in [1.82, 2.24) is 5.43 Å². The molecule has 0 aromatic heterocycles. The van der Waals surface area contributed by atoms with E-state index in [4.69, 9.17) is 25.7 Å². The number of hydrogen-bond acceptors (Lipinski definition) is 1. The van der Waals surface area contributed by atoms with Crippen LogP contribution in [0.2, 0.25) is 0 Å². The topological polar surface area (TPSA) is 26.5 Å². The molecule has 0 N–H and O–H groups in total. The molecule has 0 aliphatic carbocycles. The van der Waals surface area contributed by atoms with Gasteiger partial charge in [0.1, 0.15) is 0 Å². The Kier molecular flexibility index (Phi) is 7.08. The van der Waals surface area contributed by atoms with Crippen molar-refractivity contribution in [3.63, 3.8) is 0 Å². The van der Waals surface area contributed by atoms with Crippen LogP contribution in [0.25, 0.3) is 0 Å². The molecule has 1 aliphatic heterocycles. The fourth-order valence-corrected chi connectivity index (χ4v) is 1.63. The van der Waals surface area contributed by atoms with Crippen molar-refractivity contribution >= 4 is 37.6 Å². The van der Waals surface area contributed by atoms with Gasteiger partial charge in [-0.2, -0.15) is 10.5 Å². The Morgan fingerprint density at radius 1 is 1.12 bits per heavy atom. The molecular formula is C11H13Cl3HfN2. The molecule has 17 heavy (non-hydrogen) atoms. The van der Waals surface area contributed by atoms with Gasteiger partial charge in [-0.05, 0) is 30.0 Å². The molecule has 0 fully saturated rings. The van der Waals surface area contributed by atoms with E-state index in [0.717, 1.165) is 18.5 Å². The zero-order chi connectivity index (χ0) is 12.8. The molecule has 1 heterocycles. The second-order valence-corrected chi connectivity index (χ2v) is 19.0. The fraction of sp³-hybridized carbons (Fsp3) is 0.364. The summed E-state index contributed by atoms with van der Waals surface area (Å²) in [5.41, 5.74) is 9.05. The minimum atomic E-state index is -2.24. The van der Waals surface area contributed by atoms with Crippen LogP contribution in [0.15, 0.2) is 17.2 Å². The molecule has 0 unspecified atom stereocenters. The summed E-state index contributed by atoms with van der Waals surface area (Å²) < 4.78 is 0. The quantitative estimate of drug-likeness (QED) is 0.586. The molecule has 2 nitrogen and oxygen atoms in total. The van der Waals surface area contributed by atoms with Gasteiger partial charge in [-0.3, -0.25) is 0 Å². The van der Waals surface area contributed by atoms with Gasteiger partial charge in [-0.1, -0.05) is 19.9 Å². The van der Waals surface area contributed by atoms with Gasteiger partial charge in [-0.25, -0.2) is 0 Å². The van der Waals surface area contributed by atoms with Crippen molar-refractivity contribution in [3.05, 3.63) is 28.8 Å². The van der Waals surface area contributed by atoms with E-state index in [1.807, 2.05) is 6.21 Å². The van der Waals surface area contributed by atoms with Crippen molar-refractivity contribution in [2.75, 3.05) is 0 Å². The van der Waals surface area contributed by atoms with Gasteiger partial charge in [0.15, 0.2) is 0 Å². The molecule has 1 aliphatic rings. The summed E-state index contributed by atoms with van der Waals surface area (Å²) >= 11 is -2.24. The van der Waals surface area contributed by atoms with Gasteiger partial charge >= 0.3 is 43.6 Å². The maximum atomic E-state index is 5.02. The fourth-order valence-electron chi connectivity index (χ4n) is 1.63. The molecule has 0 atom stereocenters. The second-order valence-electron chi connectivity index (χ2n) is 3.46. The first-order valence-electron chi connectivity index (χ1n) is 5.31. The van der Waals surface area contributed by atoms with Crippen LogP contribution < -0.4 is 5.43 Å². The van der Waals surface area contributed by atoms with E-state index < -0.39 is 17.9 Å². The molecule has 1 radical (unpaired) electrons. The van der Waals surface area contributed by atoms with Gasteiger partial charge < -0.3 is 0 Å². The van der Waals surface area contributed by atoms with Crippen molar-refractivity contribution in [2.24, 2.45) is 5.10 Å². The molecule has 92 valence electrons.